The molecule has 0 bridgehead atoms. The van der Waals surface area contributed by atoms with E-state index in [1.807, 2.05) is 30.3 Å². The maximum Gasteiger partial charge on any atom is 0.263 e. The van der Waals surface area contributed by atoms with Crippen molar-refractivity contribution in [2.75, 3.05) is 26.2 Å². The van der Waals surface area contributed by atoms with E-state index in [0.717, 1.165) is 38.0 Å². The molecule has 0 saturated carbocycles. The largest absolute Gasteiger partial charge is 0.352 e. The normalized spacial score (nSPS) is 15.7. The van der Waals surface area contributed by atoms with Crippen molar-refractivity contribution in [3.05, 3.63) is 70.1 Å². The van der Waals surface area contributed by atoms with Crippen LogP contribution in [0.2, 0.25) is 0 Å². The van der Waals surface area contributed by atoms with Gasteiger partial charge in [-0.25, -0.2) is 0 Å². The number of pyridine rings is 1. The summed E-state index contributed by atoms with van der Waals surface area (Å²) >= 11 is 0. The molecule has 0 atom stereocenters. The van der Waals surface area contributed by atoms with Crippen molar-refractivity contribution in [1.29, 1.82) is 0 Å². The number of rotatable bonds is 6. The molecule has 1 amide bonds. The Balaban J connectivity index is 1.61. The average Bonchev–Trinajstić information content (AvgIpc) is 2.69. The average molecular weight is 353 g/mol. The van der Waals surface area contributed by atoms with Crippen LogP contribution in [0.3, 0.4) is 0 Å². The van der Waals surface area contributed by atoms with Crippen LogP contribution in [0.15, 0.2) is 53.5 Å². The molecule has 3 rings (SSSR count). The number of likely N-dealkylation sites (tertiary alicyclic amines) is 1. The number of carbonyl (C=O) groups excluding carboxylic acids is 1. The topological polar surface area (TPSA) is 54.3 Å². The zero-order valence-electron chi connectivity index (χ0n) is 15.4. The van der Waals surface area contributed by atoms with E-state index in [0.29, 0.717) is 19.0 Å². The monoisotopic (exact) mass is 353 g/mol. The molecule has 138 valence electrons. The van der Waals surface area contributed by atoms with Crippen molar-refractivity contribution in [2.45, 2.75) is 26.3 Å². The lowest BCUT2D eigenvalue weighted by Crippen LogP contribution is -2.40. The van der Waals surface area contributed by atoms with Crippen molar-refractivity contribution in [3.8, 4) is 0 Å². The number of aromatic nitrogens is 1. The van der Waals surface area contributed by atoms with Crippen LogP contribution in [-0.2, 0) is 6.54 Å². The highest BCUT2D eigenvalue weighted by Gasteiger charge is 2.19. The Kier molecular flexibility index (Phi) is 6.23. The molecule has 5 heteroatoms. The number of amides is 1. The molecule has 5 nitrogen and oxygen atoms in total. The van der Waals surface area contributed by atoms with Crippen molar-refractivity contribution in [1.82, 2.24) is 14.8 Å². The van der Waals surface area contributed by atoms with Crippen molar-refractivity contribution >= 4 is 5.91 Å². The summed E-state index contributed by atoms with van der Waals surface area (Å²) in [5, 5.41) is 2.96. The molecule has 1 saturated heterocycles. The predicted molar refractivity (Wildman–Crippen MR) is 103 cm³/mol. The fraction of sp³-hybridized carbons (Fsp3) is 0.429. The van der Waals surface area contributed by atoms with Gasteiger partial charge in [0.05, 0.1) is 6.54 Å². The van der Waals surface area contributed by atoms with E-state index < -0.39 is 0 Å². The van der Waals surface area contributed by atoms with Gasteiger partial charge in [-0.15, -0.1) is 0 Å². The lowest BCUT2D eigenvalue weighted by molar-refractivity contribution is 0.0934. The second-order valence-corrected chi connectivity index (χ2v) is 6.93. The van der Waals surface area contributed by atoms with Crippen LogP contribution in [0.1, 0.15) is 35.7 Å². The standard InChI is InChI=1S/C21H27N3O2/c1-2-23-13-10-17(11-14-23)15-22-20(25)19-9-6-12-24(21(19)26)16-18-7-4-3-5-8-18/h3-9,12,17H,2,10-11,13-16H2,1H3,(H,22,25). The van der Waals surface area contributed by atoms with E-state index in [2.05, 4.69) is 17.1 Å². The smallest absolute Gasteiger partial charge is 0.263 e. The van der Waals surface area contributed by atoms with Crippen LogP contribution in [0.25, 0.3) is 0 Å². The summed E-state index contributed by atoms with van der Waals surface area (Å²) in [6, 6.07) is 13.2. The van der Waals surface area contributed by atoms with E-state index in [9.17, 15) is 9.59 Å². The Morgan fingerprint density at radius 3 is 2.54 bits per heavy atom. The summed E-state index contributed by atoms with van der Waals surface area (Å²) in [6.07, 6.45) is 3.93. The van der Waals surface area contributed by atoms with E-state index in [1.165, 1.54) is 0 Å². The molecule has 2 aromatic rings. The van der Waals surface area contributed by atoms with Crippen LogP contribution >= 0.6 is 0 Å². The van der Waals surface area contributed by atoms with Crippen molar-refractivity contribution in [2.24, 2.45) is 5.92 Å². The molecule has 0 spiro atoms. The Hall–Kier alpha value is -2.40. The minimum Gasteiger partial charge on any atom is -0.352 e. The molecule has 1 aliphatic rings. The molecule has 1 aromatic heterocycles. The second kappa shape index (κ2) is 8.81. The van der Waals surface area contributed by atoms with Crippen LogP contribution in [-0.4, -0.2) is 41.6 Å². The molecule has 2 heterocycles. The third-order valence-electron chi connectivity index (χ3n) is 5.17. The fourth-order valence-electron chi connectivity index (χ4n) is 3.45. The molecule has 1 aliphatic heterocycles. The lowest BCUT2D eigenvalue weighted by Gasteiger charge is -2.31. The van der Waals surface area contributed by atoms with Gasteiger partial charge in [0.25, 0.3) is 11.5 Å². The van der Waals surface area contributed by atoms with Gasteiger partial charge < -0.3 is 14.8 Å². The summed E-state index contributed by atoms with van der Waals surface area (Å²) in [5.74, 6) is 0.229. The van der Waals surface area contributed by atoms with Gasteiger partial charge >= 0.3 is 0 Å². The fourth-order valence-corrected chi connectivity index (χ4v) is 3.45. The number of nitrogens with one attached hydrogen (secondary N) is 1. The van der Waals surface area contributed by atoms with Gasteiger partial charge in [0, 0.05) is 12.7 Å². The maximum atomic E-state index is 12.6. The maximum absolute atomic E-state index is 12.6. The van der Waals surface area contributed by atoms with Crippen LogP contribution in [0, 0.1) is 5.92 Å². The quantitative estimate of drug-likeness (QED) is 0.867. The summed E-state index contributed by atoms with van der Waals surface area (Å²) in [4.78, 5) is 27.6. The third-order valence-corrected chi connectivity index (χ3v) is 5.17. The first kappa shape index (κ1) is 18.4. The summed E-state index contributed by atoms with van der Waals surface area (Å²) < 4.78 is 1.59. The molecule has 0 radical (unpaired) electrons. The summed E-state index contributed by atoms with van der Waals surface area (Å²) in [7, 11) is 0. The van der Waals surface area contributed by atoms with Gasteiger partial charge in [-0.05, 0) is 56.1 Å². The van der Waals surface area contributed by atoms with Crippen LogP contribution in [0.4, 0.5) is 0 Å². The highest BCUT2D eigenvalue weighted by Crippen LogP contribution is 2.15. The predicted octanol–water partition coefficient (Wildman–Crippen LogP) is 2.36. The number of benzene rings is 1. The molecule has 1 fully saturated rings. The summed E-state index contributed by atoms with van der Waals surface area (Å²) in [5.41, 5.74) is 1.01. The highest BCUT2D eigenvalue weighted by molar-refractivity contribution is 5.93. The molecule has 1 N–H and O–H groups in total. The Labute approximate surface area is 154 Å². The Morgan fingerprint density at radius 1 is 1.12 bits per heavy atom. The number of hydrogen-bond donors (Lipinski definition) is 1. The van der Waals surface area contributed by atoms with Crippen molar-refractivity contribution in [3.63, 3.8) is 0 Å². The first-order chi connectivity index (χ1) is 12.7. The van der Waals surface area contributed by atoms with Gasteiger partial charge in [-0.3, -0.25) is 9.59 Å². The number of nitrogens with zero attached hydrogens (tertiary/aromatic N) is 2. The molecule has 0 aliphatic carbocycles. The number of hydrogen-bond acceptors (Lipinski definition) is 3. The molecule has 1 aromatic carbocycles. The number of piperidine rings is 1. The third kappa shape index (κ3) is 4.61. The van der Waals surface area contributed by atoms with E-state index in [4.69, 9.17) is 0 Å². The molecular weight excluding hydrogens is 326 g/mol. The zero-order chi connectivity index (χ0) is 18.4. The van der Waals surface area contributed by atoms with Crippen LogP contribution < -0.4 is 10.9 Å². The molecule has 26 heavy (non-hydrogen) atoms. The Bertz CT molecular complexity index is 777. The van der Waals surface area contributed by atoms with E-state index in [-0.39, 0.29) is 17.0 Å². The highest BCUT2D eigenvalue weighted by atomic mass is 16.2. The number of carbonyl (C=O) groups is 1. The van der Waals surface area contributed by atoms with Gasteiger partial charge in [-0.1, -0.05) is 37.3 Å². The first-order valence-electron chi connectivity index (χ1n) is 9.41. The summed E-state index contributed by atoms with van der Waals surface area (Å²) in [6.45, 7) is 6.56. The Morgan fingerprint density at radius 2 is 1.85 bits per heavy atom. The van der Waals surface area contributed by atoms with Gasteiger partial charge in [0.15, 0.2) is 0 Å². The lowest BCUT2D eigenvalue weighted by atomic mass is 9.97. The van der Waals surface area contributed by atoms with E-state index >= 15 is 0 Å². The molecule has 0 unspecified atom stereocenters. The van der Waals surface area contributed by atoms with Gasteiger partial charge in [0.1, 0.15) is 5.56 Å². The first-order valence-corrected chi connectivity index (χ1v) is 9.41. The van der Waals surface area contributed by atoms with Crippen molar-refractivity contribution < 1.29 is 4.79 Å². The van der Waals surface area contributed by atoms with Crippen LogP contribution in [0.5, 0.6) is 0 Å². The minimum absolute atomic E-state index is 0.217. The van der Waals surface area contributed by atoms with Gasteiger partial charge in [0.2, 0.25) is 0 Å². The molecular formula is C21H27N3O2. The minimum atomic E-state index is -0.268. The van der Waals surface area contributed by atoms with Gasteiger partial charge in [-0.2, -0.15) is 0 Å². The second-order valence-electron chi connectivity index (χ2n) is 6.93. The SMILES string of the molecule is CCN1CCC(CNC(=O)c2cccn(Cc3ccccc3)c2=O)CC1. The zero-order valence-corrected chi connectivity index (χ0v) is 15.4. The van der Waals surface area contributed by atoms with E-state index in [1.54, 1.807) is 22.9 Å².